The summed E-state index contributed by atoms with van der Waals surface area (Å²) in [7, 11) is 0. The molecule has 96 valence electrons. The van der Waals surface area contributed by atoms with Crippen LogP contribution < -0.4 is 5.32 Å². The lowest BCUT2D eigenvalue weighted by molar-refractivity contribution is 0.490. The van der Waals surface area contributed by atoms with Crippen LogP contribution in [0.1, 0.15) is 42.8 Å². The Morgan fingerprint density at radius 2 is 2.00 bits per heavy atom. The molecule has 0 fully saturated rings. The van der Waals surface area contributed by atoms with Gasteiger partial charge in [-0.2, -0.15) is 0 Å². The first-order valence-electron chi connectivity index (χ1n) is 6.19. The first-order valence-corrected chi connectivity index (χ1v) is 6.19. The molecule has 0 bridgehead atoms. The number of nitrogens with zero attached hydrogens (tertiary/aromatic N) is 2. The van der Waals surface area contributed by atoms with Crippen LogP contribution in [0.15, 0.2) is 22.6 Å². The fourth-order valence-electron chi connectivity index (χ4n) is 1.70. The predicted octanol–water partition coefficient (Wildman–Crippen LogP) is 3.42. The predicted molar refractivity (Wildman–Crippen MR) is 71.6 cm³/mol. The number of aromatic nitrogens is 2. The van der Waals surface area contributed by atoms with Crippen LogP contribution in [0.5, 0.6) is 0 Å². The highest BCUT2D eigenvalue weighted by Gasteiger charge is 2.06. The smallest absolute Gasteiger partial charge is 0.133 e. The molecule has 0 aromatic carbocycles. The van der Waals surface area contributed by atoms with Crippen molar-refractivity contribution in [2.75, 3.05) is 5.32 Å². The molecule has 2 aromatic rings. The number of aryl methyl sites for hydroxylation is 2. The summed E-state index contributed by atoms with van der Waals surface area (Å²) in [5.74, 6) is 3.88. The molecule has 0 saturated heterocycles. The van der Waals surface area contributed by atoms with Gasteiger partial charge in [-0.1, -0.05) is 13.8 Å². The summed E-state index contributed by atoms with van der Waals surface area (Å²) >= 11 is 0. The van der Waals surface area contributed by atoms with Crippen LogP contribution in [-0.4, -0.2) is 9.97 Å². The van der Waals surface area contributed by atoms with Crippen molar-refractivity contribution in [2.24, 2.45) is 0 Å². The zero-order valence-electron chi connectivity index (χ0n) is 11.3. The molecule has 2 heterocycles. The van der Waals surface area contributed by atoms with Gasteiger partial charge in [0.15, 0.2) is 0 Å². The molecule has 4 nitrogen and oxygen atoms in total. The molecule has 0 aliphatic carbocycles. The topological polar surface area (TPSA) is 51.0 Å². The van der Waals surface area contributed by atoms with Gasteiger partial charge in [-0.3, -0.25) is 0 Å². The molecule has 0 saturated carbocycles. The second kappa shape index (κ2) is 5.21. The number of nitrogens with one attached hydrogen (secondary N) is 1. The molecule has 0 unspecified atom stereocenters. The van der Waals surface area contributed by atoms with Gasteiger partial charge >= 0.3 is 0 Å². The zero-order valence-corrected chi connectivity index (χ0v) is 11.3. The minimum absolute atomic E-state index is 0.330. The average molecular weight is 245 g/mol. The van der Waals surface area contributed by atoms with E-state index in [1.54, 1.807) is 0 Å². The van der Waals surface area contributed by atoms with Crippen LogP contribution in [0.3, 0.4) is 0 Å². The Bertz CT molecular complexity index is 532. The second-order valence-electron chi connectivity index (χ2n) is 4.77. The van der Waals surface area contributed by atoms with Gasteiger partial charge in [0, 0.05) is 17.7 Å². The third-order valence-corrected chi connectivity index (χ3v) is 2.63. The first-order chi connectivity index (χ1) is 8.54. The lowest BCUT2D eigenvalue weighted by Gasteiger charge is -2.09. The summed E-state index contributed by atoms with van der Waals surface area (Å²) in [4.78, 5) is 8.91. The Morgan fingerprint density at radius 3 is 2.61 bits per heavy atom. The van der Waals surface area contributed by atoms with E-state index in [0.717, 1.165) is 28.9 Å². The summed E-state index contributed by atoms with van der Waals surface area (Å²) in [6.07, 6.45) is 0. The summed E-state index contributed by atoms with van der Waals surface area (Å²) in [5.41, 5.74) is 0.979. The largest absolute Gasteiger partial charge is 0.465 e. The molecule has 0 aliphatic rings. The highest BCUT2D eigenvalue weighted by molar-refractivity contribution is 5.36. The number of furan rings is 1. The zero-order chi connectivity index (χ0) is 13.1. The molecule has 18 heavy (non-hydrogen) atoms. The van der Waals surface area contributed by atoms with Crippen molar-refractivity contribution in [3.05, 3.63) is 41.2 Å². The van der Waals surface area contributed by atoms with Crippen molar-refractivity contribution < 1.29 is 4.42 Å². The molecular formula is C14H19N3O. The van der Waals surface area contributed by atoms with Gasteiger partial charge in [0.25, 0.3) is 0 Å². The van der Waals surface area contributed by atoms with Crippen LogP contribution in [-0.2, 0) is 6.54 Å². The molecule has 0 amide bonds. The van der Waals surface area contributed by atoms with E-state index in [9.17, 15) is 0 Å². The average Bonchev–Trinajstić information content (AvgIpc) is 2.72. The van der Waals surface area contributed by atoms with Crippen molar-refractivity contribution in [3.63, 3.8) is 0 Å². The van der Waals surface area contributed by atoms with Crippen LogP contribution in [0.4, 0.5) is 5.82 Å². The lowest BCUT2D eigenvalue weighted by atomic mass is 10.2. The number of hydrogen-bond donors (Lipinski definition) is 1. The van der Waals surface area contributed by atoms with Crippen molar-refractivity contribution in [1.29, 1.82) is 0 Å². The van der Waals surface area contributed by atoms with Crippen molar-refractivity contribution in [3.8, 4) is 0 Å². The molecule has 0 atom stereocenters. The van der Waals surface area contributed by atoms with Gasteiger partial charge in [-0.25, -0.2) is 9.97 Å². The highest BCUT2D eigenvalue weighted by Crippen LogP contribution is 2.15. The molecule has 1 N–H and O–H groups in total. The van der Waals surface area contributed by atoms with Gasteiger partial charge in [-0.05, 0) is 26.0 Å². The monoisotopic (exact) mass is 245 g/mol. The molecule has 2 rings (SSSR count). The van der Waals surface area contributed by atoms with E-state index in [-0.39, 0.29) is 0 Å². The van der Waals surface area contributed by atoms with E-state index in [4.69, 9.17) is 4.42 Å². The SMILES string of the molecule is Cc1cc(NCc2ccc(C)o2)nc(C(C)C)n1. The maximum absolute atomic E-state index is 5.51. The van der Waals surface area contributed by atoms with E-state index >= 15 is 0 Å². The van der Waals surface area contributed by atoms with Crippen LogP contribution in [0.25, 0.3) is 0 Å². The van der Waals surface area contributed by atoms with Gasteiger partial charge in [-0.15, -0.1) is 0 Å². The summed E-state index contributed by atoms with van der Waals surface area (Å²) < 4.78 is 5.51. The number of hydrogen-bond acceptors (Lipinski definition) is 4. The number of anilines is 1. The van der Waals surface area contributed by atoms with Crippen molar-refractivity contribution in [2.45, 2.75) is 40.2 Å². The standard InChI is InChI=1S/C14H19N3O/c1-9(2)14-16-10(3)7-13(17-14)15-8-12-6-5-11(4)18-12/h5-7,9H,8H2,1-4H3,(H,15,16,17). The van der Waals surface area contributed by atoms with Crippen LogP contribution in [0, 0.1) is 13.8 Å². The minimum atomic E-state index is 0.330. The van der Waals surface area contributed by atoms with Crippen LogP contribution in [0.2, 0.25) is 0 Å². The van der Waals surface area contributed by atoms with Crippen molar-refractivity contribution >= 4 is 5.82 Å². The minimum Gasteiger partial charge on any atom is -0.465 e. The fraction of sp³-hybridized carbons (Fsp3) is 0.429. The molecule has 0 aliphatic heterocycles. The quantitative estimate of drug-likeness (QED) is 0.896. The normalized spacial score (nSPS) is 10.9. The Balaban J connectivity index is 2.09. The molecule has 0 spiro atoms. The van der Waals surface area contributed by atoms with E-state index in [0.29, 0.717) is 12.5 Å². The number of rotatable bonds is 4. The summed E-state index contributed by atoms with van der Waals surface area (Å²) in [5, 5.41) is 3.27. The Hall–Kier alpha value is -1.84. The van der Waals surface area contributed by atoms with E-state index in [2.05, 4.69) is 29.1 Å². The van der Waals surface area contributed by atoms with Gasteiger partial charge in [0.05, 0.1) is 6.54 Å². The highest BCUT2D eigenvalue weighted by atomic mass is 16.3. The Morgan fingerprint density at radius 1 is 1.22 bits per heavy atom. The fourth-order valence-corrected chi connectivity index (χ4v) is 1.70. The maximum atomic E-state index is 5.51. The van der Waals surface area contributed by atoms with E-state index in [1.807, 2.05) is 32.0 Å². The lowest BCUT2D eigenvalue weighted by Crippen LogP contribution is -2.06. The van der Waals surface area contributed by atoms with Crippen molar-refractivity contribution in [1.82, 2.24) is 9.97 Å². The summed E-state index contributed by atoms with van der Waals surface area (Å²) in [6.45, 7) is 8.75. The Labute approximate surface area is 107 Å². The third kappa shape index (κ3) is 3.09. The molecule has 0 radical (unpaired) electrons. The van der Waals surface area contributed by atoms with Gasteiger partial charge < -0.3 is 9.73 Å². The van der Waals surface area contributed by atoms with Gasteiger partial charge in [0.1, 0.15) is 23.2 Å². The molecule has 2 aromatic heterocycles. The van der Waals surface area contributed by atoms with E-state index in [1.165, 1.54) is 0 Å². The third-order valence-electron chi connectivity index (χ3n) is 2.63. The summed E-state index contributed by atoms with van der Waals surface area (Å²) in [6, 6.07) is 5.88. The molecular weight excluding hydrogens is 226 g/mol. The van der Waals surface area contributed by atoms with Gasteiger partial charge in [0.2, 0.25) is 0 Å². The maximum Gasteiger partial charge on any atom is 0.133 e. The first kappa shape index (κ1) is 12.6. The van der Waals surface area contributed by atoms with E-state index < -0.39 is 0 Å². The molecule has 4 heteroatoms. The second-order valence-corrected chi connectivity index (χ2v) is 4.77. The Kier molecular flexibility index (Phi) is 3.65. The van der Waals surface area contributed by atoms with Crippen LogP contribution >= 0.6 is 0 Å².